The second kappa shape index (κ2) is 13.6. The Balaban J connectivity index is 1.09. The number of nitrogens with one attached hydrogen (secondary N) is 4. The van der Waals surface area contributed by atoms with E-state index in [2.05, 4.69) is 20.1 Å². The Labute approximate surface area is 275 Å². The smallest absolute Gasteiger partial charge is 0.256 e. The molecule has 0 radical (unpaired) electrons. The summed E-state index contributed by atoms with van der Waals surface area (Å²) in [5.41, 5.74) is 1.74. The molecule has 2 fully saturated rings. The summed E-state index contributed by atoms with van der Waals surface area (Å²) in [6.45, 7) is 0. The number of carbonyl (C=O) groups is 2. The summed E-state index contributed by atoms with van der Waals surface area (Å²) in [7, 11) is -4.54. The average molecular weight is 695 g/mol. The lowest BCUT2D eigenvalue weighted by Gasteiger charge is -2.12. The van der Waals surface area contributed by atoms with Gasteiger partial charge >= 0.3 is 0 Å². The van der Waals surface area contributed by atoms with Gasteiger partial charge in [-0.3, -0.25) is 9.59 Å². The summed E-state index contributed by atoms with van der Waals surface area (Å²) in [4.78, 5) is 28.1. The van der Waals surface area contributed by atoms with Gasteiger partial charge < -0.3 is 10.6 Å². The number of carbonyl (C=O) groups excluding carboxylic acids is 2. The van der Waals surface area contributed by atoms with Crippen LogP contribution in [0.5, 0.6) is 0 Å². The second-order valence-electron chi connectivity index (χ2n) is 10.9. The van der Waals surface area contributed by atoms with Crippen molar-refractivity contribution in [1.82, 2.24) is 9.44 Å². The van der Waals surface area contributed by atoms with Gasteiger partial charge in [-0.05, 0) is 98.5 Å². The Morgan fingerprint density at radius 3 is 1.22 bits per heavy atom. The Morgan fingerprint density at radius 1 is 0.522 bits per heavy atom. The van der Waals surface area contributed by atoms with Crippen molar-refractivity contribution in [3.63, 3.8) is 0 Å². The molecule has 14 heteroatoms. The zero-order valence-electron chi connectivity index (χ0n) is 24.3. The van der Waals surface area contributed by atoms with Gasteiger partial charge in [-0.25, -0.2) is 26.3 Å². The molecular weight excluding hydrogens is 665 g/mol. The molecule has 0 spiro atoms. The number of rotatable bonds is 13. The predicted molar refractivity (Wildman–Crippen MR) is 180 cm³/mol. The van der Waals surface area contributed by atoms with Gasteiger partial charge in [-0.2, -0.15) is 0 Å². The summed E-state index contributed by atoms with van der Waals surface area (Å²) in [5, 5.41) is 5.66. The van der Waals surface area contributed by atoms with Crippen LogP contribution in [0.15, 0.2) is 117 Å². The average Bonchev–Trinajstić information content (AvgIpc) is 3.99. The van der Waals surface area contributed by atoms with E-state index < -0.39 is 20.0 Å². The van der Waals surface area contributed by atoms with E-state index in [1.807, 2.05) is 24.3 Å². The molecule has 2 saturated carbocycles. The number of sulfonamides is 2. The number of benzene rings is 4. The Morgan fingerprint density at radius 2 is 0.870 bits per heavy atom. The summed E-state index contributed by atoms with van der Waals surface area (Å²) in [5.74, 6) is -0.724. The highest BCUT2D eigenvalue weighted by molar-refractivity contribution is 8.76. The normalized spacial score (nSPS) is 14.9. The summed E-state index contributed by atoms with van der Waals surface area (Å²) in [6, 6.07) is 26.2. The minimum absolute atomic E-state index is 0.00267. The van der Waals surface area contributed by atoms with Crippen molar-refractivity contribution >= 4 is 64.8 Å². The van der Waals surface area contributed by atoms with E-state index in [9.17, 15) is 26.4 Å². The second-order valence-corrected chi connectivity index (χ2v) is 16.5. The fraction of sp³-hybridized carbons (Fsp3) is 0.188. The van der Waals surface area contributed by atoms with Gasteiger partial charge in [0.2, 0.25) is 20.0 Å². The molecule has 0 bridgehead atoms. The van der Waals surface area contributed by atoms with Crippen LogP contribution in [0.2, 0.25) is 0 Å². The largest absolute Gasteiger partial charge is 0.322 e. The molecule has 2 aliphatic carbocycles. The zero-order valence-corrected chi connectivity index (χ0v) is 27.6. The van der Waals surface area contributed by atoms with E-state index in [1.54, 1.807) is 48.5 Å². The summed E-state index contributed by atoms with van der Waals surface area (Å²) in [6.07, 6.45) is 3.35. The predicted octanol–water partition coefficient (Wildman–Crippen LogP) is 5.87. The van der Waals surface area contributed by atoms with Crippen LogP contribution < -0.4 is 20.1 Å². The molecule has 4 aromatic rings. The first-order valence-electron chi connectivity index (χ1n) is 14.5. The highest BCUT2D eigenvalue weighted by Gasteiger charge is 2.29. The number of hydrogen-bond donors (Lipinski definition) is 4. The third kappa shape index (κ3) is 8.18. The standard InChI is InChI=1S/C32H30N4O6S4/c37-31(33-21-13-17-25(18-14-21)45(39,40)35-23-9-10-23)27-5-1-3-7-29(27)43-44-30-8-4-2-6-28(30)32(38)34-22-15-19-26(20-16-22)46(41,42)36-24-11-12-24/h1-8,13-20,23-24,35-36H,9-12H2,(H,33,37)(H,34,38). The molecule has 0 saturated heterocycles. The minimum Gasteiger partial charge on any atom is -0.322 e. The molecule has 2 aliphatic rings. The first-order valence-corrected chi connectivity index (χ1v) is 19.6. The quantitative estimate of drug-likeness (QED) is 0.127. The first kappa shape index (κ1) is 32.3. The van der Waals surface area contributed by atoms with Crippen LogP contribution in [-0.2, 0) is 20.0 Å². The van der Waals surface area contributed by atoms with Gasteiger partial charge in [0.05, 0.1) is 20.9 Å². The molecule has 0 aromatic heterocycles. The molecular formula is C32H30N4O6S4. The van der Waals surface area contributed by atoms with Gasteiger partial charge in [0.25, 0.3) is 11.8 Å². The lowest BCUT2D eigenvalue weighted by molar-refractivity contribution is 0.101. The van der Waals surface area contributed by atoms with E-state index in [0.717, 1.165) is 25.7 Å². The van der Waals surface area contributed by atoms with Gasteiger partial charge in [0.1, 0.15) is 0 Å². The van der Waals surface area contributed by atoms with Gasteiger partial charge in [-0.15, -0.1) is 0 Å². The molecule has 2 amide bonds. The SMILES string of the molecule is O=C(Nc1ccc(S(=O)(=O)NC2CC2)cc1)c1ccccc1SSc1ccccc1C(=O)Nc1ccc(S(=O)(=O)NC2CC2)cc1. The van der Waals surface area contributed by atoms with E-state index in [-0.39, 0.29) is 33.7 Å². The van der Waals surface area contributed by atoms with Crippen molar-refractivity contribution in [1.29, 1.82) is 0 Å². The van der Waals surface area contributed by atoms with E-state index in [4.69, 9.17) is 0 Å². The summed E-state index contributed by atoms with van der Waals surface area (Å²) >= 11 is 0. The molecule has 0 atom stereocenters. The fourth-order valence-corrected chi connectivity index (χ4v) is 9.32. The lowest BCUT2D eigenvalue weighted by atomic mass is 10.2. The van der Waals surface area contributed by atoms with Crippen LogP contribution in [0, 0.1) is 0 Å². The first-order chi connectivity index (χ1) is 22.1. The van der Waals surface area contributed by atoms with Crippen molar-refractivity contribution in [3.05, 3.63) is 108 Å². The van der Waals surface area contributed by atoms with E-state index >= 15 is 0 Å². The molecule has 0 unspecified atom stereocenters. The maximum atomic E-state index is 13.2. The van der Waals surface area contributed by atoms with Crippen molar-refractivity contribution in [3.8, 4) is 0 Å². The number of anilines is 2. The maximum Gasteiger partial charge on any atom is 0.256 e. The maximum absolute atomic E-state index is 13.2. The highest BCUT2D eigenvalue weighted by Crippen LogP contribution is 2.41. The van der Waals surface area contributed by atoms with Gasteiger partial charge in [0, 0.05) is 33.2 Å². The molecule has 0 aliphatic heterocycles. The third-order valence-corrected chi connectivity index (χ3v) is 12.7. The van der Waals surface area contributed by atoms with Crippen LogP contribution in [-0.4, -0.2) is 40.7 Å². The van der Waals surface area contributed by atoms with Gasteiger partial charge in [0.15, 0.2) is 0 Å². The van der Waals surface area contributed by atoms with E-state index in [0.29, 0.717) is 32.3 Å². The van der Waals surface area contributed by atoms with Crippen LogP contribution in [0.4, 0.5) is 11.4 Å². The topological polar surface area (TPSA) is 151 Å². The summed E-state index contributed by atoms with van der Waals surface area (Å²) < 4.78 is 55.1. The van der Waals surface area contributed by atoms with E-state index in [1.165, 1.54) is 45.9 Å². The molecule has 6 rings (SSSR count). The Hall–Kier alpha value is -3.66. The van der Waals surface area contributed by atoms with Crippen molar-refractivity contribution in [2.24, 2.45) is 0 Å². The molecule has 4 aromatic carbocycles. The number of hydrogen-bond acceptors (Lipinski definition) is 8. The van der Waals surface area contributed by atoms with Gasteiger partial charge in [-0.1, -0.05) is 45.9 Å². The molecule has 0 heterocycles. The van der Waals surface area contributed by atoms with Crippen molar-refractivity contribution in [2.45, 2.75) is 57.3 Å². The molecule has 238 valence electrons. The minimum atomic E-state index is -3.59. The molecule has 46 heavy (non-hydrogen) atoms. The fourth-order valence-electron chi connectivity index (χ4n) is 4.35. The Bertz CT molecular complexity index is 1830. The van der Waals surface area contributed by atoms with Crippen molar-refractivity contribution < 1.29 is 26.4 Å². The van der Waals surface area contributed by atoms with Crippen LogP contribution in [0.3, 0.4) is 0 Å². The zero-order chi connectivity index (χ0) is 32.3. The number of amides is 2. The van der Waals surface area contributed by atoms with Crippen LogP contribution in [0.25, 0.3) is 0 Å². The van der Waals surface area contributed by atoms with Crippen LogP contribution in [0.1, 0.15) is 46.4 Å². The lowest BCUT2D eigenvalue weighted by Crippen LogP contribution is -2.25. The van der Waals surface area contributed by atoms with Crippen molar-refractivity contribution in [2.75, 3.05) is 10.6 Å². The Kier molecular flexibility index (Phi) is 9.54. The van der Waals surface area contributed by atoms with Crippen LogP contribution >= 0.6 is 21.6 Å². The monoisotopic (exact) mass is 694 g/mol. The molecule has 4 N–H and O–H groups in total. The third-order valence-electron chi connectivity index (χ3n) is 7.13. The highest BCUT2D eigenvalue weighted by atomic mass is 33.1. The molecule has 10 nitrogen and oxygen atoms in total.